The maximum atomic E-state index is 12.7. The Labute approximate surface area is 156 Å². The maximum Gasteiger partial charge on any atom is 0.164 e. The van der Waals surface area contributed by atoms with Gasteiger partial charge in [-0.1, -0.05) is 60.7 Å². The summed E-state index contributed by atoms with van der Waals surface area (Å²) >= 11 is 0. The first kappa shape index (κ1) is 18.3. The molecule has 0 aliphatic carbocycles. The van der Waals surface area contributed by atoms with Crippen LogP contribution in [0.4, 0.5) is 0 Å². The molecule has 0 saturated heterocycles. The molecule has 0 aromatic heterocycles. The van der Waals surface area contributed by atoms with E-state index < -0.39 is 0 Å². The molecule has 0 spiro atoms. The van der Waals surface area contributed by atoms with E-state index in [4.69, 9.17) is 0 Å². The SMILES string of the molecule is Cc1cccc2cc(C(=O)CCN(Cc3ccccc3)C(C)C)ccc12. The normalized spacial score (nSPS) is 11.4. The minimum Gasteiger partial charge on any atom is -0.296 e. The van der Waals surface area contributed by atoms with Gasteiger partial charge < -0.3 is 0 Å². The smallest absolute Gasteiger partial charge is 0.164 e. The second-order valence-corrected chi connectivity index (χ2v) is 7.23. The van der Waals surface area contributed by atoms with Crippen molar-refractivity contribution < 1.29 is 4.79 Å². The molecule has 134 valence electrons. The Morgan fingerprint density at radius 2 is 1.73 bits per heavy atom. The zero-order chi connectivity index (χ0) is 18.5. The van der Waals surface area contributed by atoms with Crippen LogP contribution in [0.2, 0.25) is 0 Å². The Hall–Kier alpha value is -2.45. The molecule has 0 fully saturated rings. The number of hydrogen-bond donors (Lipinski definition) is 0. The zero-order valence-corrected chi connectivity index (χ0v) is 15.9. The van der Waals surface area contributed by atoms with Crippen molar-refractivity contribution in [2.45, 2.75) is 39.8 Å². The van der Waals surface area contributed by atoms with Crippen LogP contribution in [0.5, 0.6) is 0 Å². The van der Waals surface area contributed by atoms with Crippen molar-refractivity contribution in [2.75, 3.05) is 6.54 Å². The number of aryl methyl sites for hydroxylation is 1. The molecule has 0 bridgehead atoms. The lowest BCUT2D eigenvalue weighted by atomic mass is 10.00. The molecule has 3 rings (SSSR count). The average Bonchev–Trinajstić information content (AvgIpc) is 2.65. The third kappa shape index (κ3) is 4.39. The number of fused-ring (bicyclic) bond motifs is 1. The van der Waals surface area contributed by atoms with Gasteiger partial charge in [-0.15, -0.1) is 0 Å². The van der Waals surface area contributed by atoms with E-state index in [-0.39, 0.29) is 5.78 Å². The van der Waals surface area contributed by atoms with Gasteiger partial charge in [0, 0.05) is 31.1 Å². The molecule has 0 N–H and O–H groups in total. The van der Waals surface area contributed by atoms with Crippen LogP contribution in [0.25, 0.3) is 10.8 Å². The average molecular weight is 345 g/mol. The largest absolute Gasteiger partial charge is 0.296 e. The van der Waals surface area contributed by atoms with E-state index in [0.717, 1.165) is 24.0 Å². The maximum absolute atomic E-state index is 12.7. The van der Waals surface area contributed by atoms with E-state index in [9.17, 15) is 4.79 Å². The third-order valence-corrected chi connectivity index (χ3v) is 5.01. The highest BCUT2D eigenvalue weighted by Gasteiger charge is 2.14. The van der Waals surface area contributed by atoms with Gasteiger partial charge >= 0.3 is 0 Å². The van der Waals surface area contributed by atoms with Crippen LogP contribution in [0.3, 0.4) is 0 Å². The van der Waals surface area contributed by atoms with Crippen molar-refractivity contribution in [1.82, 2.24) is 4.90 Å². The molecular weight excluding hydrogens is 318 g/mol. The van der Waals surface area contributed by atoms with Crippen LogP contribution in [-0.2, 0) is 6.54 Å². The first-order valence-corrected chi connectivity index (χ1v) is 9.35. The predicted octanol–water partition coefficient (Wildman–Crippen LogP) is 5.63. The van der Waals surface area contributed by atoms with Gasteiger partial charge in [0.25, 0.3) is 0 Å². The van der Waals surface area contributed by atoms with E-state index in [0.29, 0.717) is 12.5 Å². The Bertz CT molecular complexity index is 883. The zero-order valence-electron chi connectivity index (χ0n) is 15.9. The summed E-state index contributed by atoms with van der Waals surface area (Å²) in [6, 6.07) is 23.2. The fraction of sp³-hybridized carbons (Fsp3) is 0.292. The summed E-state index contributed by atoms with van der Waals surface area (Å²) in [6.07, 6.45) is 0.544. The summed E-state index contributed by atoms with van der Waals surface area (Å²) in [5, 5.41) is 2.36. The molecule has 2 heteroatoms. The van der Waals surface area contributed by atoms with E-state index in [1.54, 1.807) is 0 Å². The molecule has 0 heterocycles. The second-order valence-electron chi connectivity index (χ2n) is 7.23. The van der Waals surface area contributed by atoms with Crippen molar-refractivity contribution in [3.63, 3.8) is 0 Å². The molecule has 0 aliphatic heterocycles. The monoisotopic (exact) mass is 345 g/mol. The molecular formula is C24H27NO. The molecule has 0 aliphatic rings. The topological polar surface area (TPSA) is 20.3 Å². The van der Waals surface area contributed by atoms with Crippen molar-refractivity contribution in [3.8, 4) is 0 Å². The third-order valence-electron chi connectivity index (χ3n) is 5.01. The number of carbonyl (C=O) groups excluding carboxylic acids is 1. The van der Waals surface area contributed by atoms with Crippen LogP contribution >= 0.6 is 0 Å². The van der Waals surface area contributed by atoms with Crippen LogP contribution < -0.4 is 0 Å². The van der Waals surface area contributed by atoms with E-state index in [1.807, 2.05) is 24.3 Å². The molecule has 0 atom stereocenters. The summed E-state index contributed by atoms with van der Waals surface area (Å²) in [6.45, 7) is 8.13. The minimum absolute atomic E-state index is 0.215. The lowest BCUT2D eigenvalue weighted by molar-refractivity contribution is 0.0952. The van der Waals surface area contributed by atoms with Crippen LogP contribution in [0.1, 0.15) is 41.8 Å². The molecule has 3 aromatic rings. The standard InChI is InChI=1S/C24H27NO/c1-18(2)25(17-20-9-5-4-6-10-20)15-14-24(26)22-12-13-23-19(3)8-7-11-21(23)16-22/h4-13,16,18H,14-15,17H2,1-3H3. The number of benzene rings is 3. The number of carbonyl (C=O) groups is 1. The predicted molar refractivity (Wildman–Crippen MR) is 110 cm³/mol. The molecule has 0 radical (unpaired) electrons. The molecule has 0 amide bonds. The summed E-state index contributed by atoms with van der Waals surface area (Å²) in [4.78, 5) is 15.1. The summed E-state index contributed by atoms with van der Waals surface area (Å²) in [7, 11) is 0. The van der Waals surface area contributed by atoms with Gasteiger partial charge in [-0.2, -0.15) is 0 Å². The van der Waals surface area contributed by atoms with Gasteiger partial charge in [0.05, 0.1) is 0 Å². The van der Waals surface area contributed by atoms with Crippen molar-refractivity contribution in [2.24, 2.45) is 0 Å². The fourth-order valence-electron chi connectivity index (χ4n) is 3.35. The lowest BCUT2D eigenvalue weighted by Gasteiger charge is -2.26. The second kappa shape index (κ2) is 8.29. The summed E-state index contributed by atoms with van der Waals surface area (Å²) < 4.78 is 0. The van der Waals surface area contributed by atoms with E-state index >= 15 is 0 Å². The fourth-order valence-corrected chi connectivity index (χ4v) is 3.35. The van der Waals surface area contributed by atoms with Crippen LogP contribution in [-0.4, -0.2) is 23.3 Å². The Kier molecular flexibility index (Phi) is 5.85. The van der Waals surface area contributed by atoms with Crippen LogP contribution in [0, 0.1) is 6.92 Å². The van der Waals surface area contributed by atoms with Gasteiger partial charge in [0.2, 0.25) is 0 Å². The highest BCUT2D eigenvalue weighted by molar-refractivity contribution is 6.00. The highest BCUT2D eigenvalue weighted by Crippen LogP contribution is 2.20. The summed E-state index contributed by atoms with van der Waals surface area (Å²) in [5.41, 5.74) is 3.34. The number of ketones is 1. The van der Waals surface area contributed by atoms with E-state index in [2.05, 4.69) is 68.1 Å². The number of rotatable bonds is 7. The highest BCUT2D eigenvalue weighted by atomic mass is 16.1. The molecule has 26 heavy (non-hydrogen) atoms. The Morgan fingerprint density at radius 1 is 0.962 bits per heavy atom. The van der Waals surface area contributed by atoms with Gasteiger partial charge in [-0.25, -0.2) is 0 Å². The molecule has 3 aromatic carbocycles. The Morgan fingerprint density at radius 3 is 2.46 bits per heavy atom. The van der Waals surface area contributed by atoms with E-state index in [1.165, 1.54) is 16.5 Å². The first-order chi connectivity index (χ1) is 12.5. The Balaban J connectivity index is 1.68. The first-order valence-electron chi connectivity index (χ1n) is 9.35. The number of nitrogens with zero attached hydrogens (tertiary/aromatic N) is 1. The van der Waals surface area contributed by atoms with Gasteiger partial charge in [-0.3, -0.25) is 9.69 Å². The summed E-state index contributed by atoms with van der Waals surface area (Å²) in [5.74, 6) is 0.215. The van der Waals surface area contributed by atoms with Crippen molar-refractivity contribution >= 4 is 16.6 Å². The minimum atomic E-state index is 0.215. The van der Waals surface area contributed by atoms with Crippen molar-refractivity contribution in [3.05, 3.63) is 83.4 Å². The quantitative estimate of drug-likeness (QED) is 0.517. The molecule has 0 unspecified atom stereocenters. The molecule has 2 nitrogen and oxygen atoms in total. The lowest BCUT2D eigenvalue weighted by Crippen LogP contribution is -2.32. The van der Waals surface area contributed by atoms with Gasteiger partial charge in [0.1, 0.15) is 0 Å². The van der Waals surface area contributed by atoms with Crippen LogP contribution in [0.15, 0.2) is 66.7 Å². The number of hydrogen-bond acceptors (Lipinski definition) is 2. The van der Waals surface area contributed by atoms with Crippen molar-refractivity contribution in [1.29, 1.82) is 0 Å². The number of Topliss-reactive ketones (excluding diaryl/α,β-unsaturated/α-hetero) is 1. The van der Waals surface area contributed by atoms with Gasteiger partial charge in [0.15, 0.2) is 5.78 Å². The molecule has 0 saturated carbocycles. The van der Waals surface area contributed by atoms with Gasteiger partial charge in [-0.05, 0) is 48.7 Å².